The molecular weight excluding hydrogens is 316 g/mol. The number of hydrogen-bond acceptors (Lipinski definition) is 4. The number of carbonyl (C=O) groups excluding carboxylic acids is 1. The van der Waals surface area contributed by atoms with E-state index in [2.05, 4.69) is 13.8 Å². The molecule has 1 fully saturated rings. The minimum Gasteiger partial charge on any atom is -0.389 e. The minimum atomic E-state index is -0.708. The number of carbonyl (C=O) groups is 1. The highest BCUT2D eigenvalue weighted by Crippen LogP contribution is 2.19. The smallest absolute Gasteiger partial charge is 0.253 e. The number of rotatable bonds is 5. The fourth-order valence-electron chi connectivity index (χ4n) is 2.99. The zero-order valence-corrected chi connectivity index (χ0v) is 14.6. The number of halogens is 1. The van der Waals surface area contributed by atoms with E-state index < -0.39 is 12.2 Å². The lowest BCUT2D eigenvalue weighted by molar-refractivity contribution is 0.0572. The number of aliphatic hydroxyl groups excluding tert-OH is 2. The van der Waals surface area contributed by atoms with Crippen molar-refractivity contribution in [2.24, 2.45) is 5.92 Å². The van der Waals surface area contributed by atoms with Gasteiger partial charge >= 0.3 is 0 Å². The largest absolute Gasteiger partial charge is 0.389 e. The van der Waals surface area contributed by atoms with Crippen LogP contribution in [0.1, 0.15) is 24.2 Å². The number of aliphatic hydroxyl groups is 2. The van der Waals surface area contributed by atoms with Gasteiger partial charge in [-0.25, -0.2) is 0 Å². The molecule has 1 aliphatic rings. The Morgan fingerprint density at radius 1 is 1.26 bits per heavy atom. The molecule has 0 aromatic heterocycles. The van der Waals surface area contributed by atoms with E-state index in [1.54, 1.807) is 36.2 Å². The molecule has 23 heavy (non-hydrogen) atoms. The molecule has 5 nitrogen and oxygen atoms in total. The van der Waals surface area contributed by atoms with E-state index >= 15 is 0 Å². The number of β-amino-alcohol motifs (C(OH)–C–C–N with tert-alkyl or cyclic N) is 2. The highest BCUT2D eigenvalue weighted by Gasteiger charge is 2.33. The molecule has 1 saturated heterocycles. The molecule has 1 heterocycles. The second kappa shape index (κ2) is 7.62. The van der Waals surface area contributed by atoms with Crippen LogP contribution < -0.4 is 0 Å². The van der Waals surface area contributed by atoms with Crippen molar-refractivity contribution < 1.29 is 15.0 Å². The van der Waals surface area contributed by atoms with E-state index in [1.807, 2.05) is 4.90 Å². The summed E-state index contributed by atoms with van der Waals surface area (Å²) in [6, 6.07) is 6.86. The van der Waals surface area contributed by atoms with Gasteiger partial charge in [0.05, 0.1) is 12.2 Å². The number of benzene rings is 1. The summed E-state index contributed by atoms with van der Waals surface area (Å²) in [6.07, 6.45) is -1.42. The van der Waals surface area contributed by atoms with Crippen LogP contribution in [-0.4, -0.2) is 70.9 Å². The van der Waals surface area contributed by atoms with Crippen molar-refractivity contribution in [3.8, 4) is 0 Å². The second-order valence-corrected chi connectivity index (χ2v) is 7.02. The Morgan fingerprint density at radius 3 is 2.26 bits per heavy atom. The van der Waals surface area contributed by atoms with E-state index in [4.69, 9.17) is 11.6 Å². The van der Waals surface area contributed by atoms with Crippen LogP contribution in [0, 0.1) is 5.92 Å². The summed E-state index contributed by atoms with van der Waals surface area (Å²) in [7, 11) is 1.80. The number of likely N-dealkylation sites (tertiary alicyclic amines) is 1. The highest BCUT2D eigenvalue weighted by molar-refractivity contribution is 6.30. The molecule has 0 saturated carbocycles. The van der Waals surface area contributed by atoms with Crippen molar-refractivity contribution >= 4 is 17.5 Å². The first kappa shape index (κ1) is 18.2. The van der Waals surface area contributed by atoms with Gasteiger partial charge in [-0.1, -0.05) is 25.4 Å². The Labute approximate surface area is 142 Å². The Balaban J connectivity index is 2.07. The summed E-state index contributed by atoms with van der Waals surface area (Å²) in [5, 5.41) is 20.0. The third kappa shape index (κ3) is 4.44. The van der Waals surface area contributed by atoms with Gasteiger partial charge in [-0.3, -0.25) is 9.69 Å². The topological polar surface area (TPSA) is 64.0 Å². The number of nitrogens with zero attached hydrogens (tertiary/aromatic N) is 2. The summed E-state index contributed by atoms with van der Waals surface area (Å²) in [5.74, 6) is 0.201. The molecule has 0 aliphatic carbocycles. The first-order valence-corrected chi connectivity index (χ1v) is 8.28. The molecule has 0 unspecified atom stereocenters. The average Bonchev–Trinajstić information content (AvgIpc) is 2.82. The van der Waals surface area contributed by atoms with Crippen molar-refractivity contribution in [1.82, 2.24) is 9.80 Å². The third-order valence-electron chi connectivity index (χ3n) is 4.46. The van der Waals surface area contributed by atoms with Crippen LogP contribution in [0.4, 0.5) is 0 Å². The van der Waals surface area contributed by atoms with Crippen molar-refractivity contribution in [3.63, 3.8) is 0 Å². The Bertz CT molecular complexity index is 525. The lowest BCUT2D eigenvalue weighted by Gasteiger charge is -2.34. The van der Waals surface area contributed by atoms with Crippen LogP contribution in [0.25, 0.3) is 0 Å². The van der Waals surface area contributed by atoms with Crippen molar-refractivity contribution in [1.29, 1.82) is 0 Å². The average molecular weight is 341 g/mol. The molecule has 6 heteroatoms. The van der Waals surface area contributed by atoms with Crippen molar-refractivity contribution in [2.45, 2.75) is 32.1 Å². The van der Waals surface area contributed by atoms with Crippen molar-refractivity contribution in [2.75, 3.05) is 26.7 Å². The number of hydrogen-bond donors (Lipinski definition) is 2. The van der Waals surface area contributed by atoms with E-state index in [-0.39, 0.29) is 17.9 Å². The quantitative estimate of drug-likeness (QED) is 0.852. The van der Waals surface area contributed by atoms with Gasteiger partial charge in [0.1, 0.15) is 0 Å². The Kier molecular flexibility index (Phi) is 6.03. The molecule has 1 aromatic rings. The fourth-order valence-corrected chi connectivity index (χ4v) is 3.11. The van der Waals surface area contributed by atoms with E-state index in [0.29, 0.717) is 30.2 Å². The Morgan fingerprint density at radius 2 is 1.78 bits per heavy atom. The lowest BCUT2D eigenvalue weighted by atomic mass is 10.0. The zero-order valence-electron chi connectivity index (χ0n) is 13.8. The van der Waals surface area contributed by atoms with E-state index in [0.717, 1.165) is 0 Å². The SMILES string of the molecule is CC(C)[C@@H](CN1C[C@@H](O)[C@H](O)C1)N(C)C(=O)c1ccc(Cl)cc1. The third-order valence-corrected chi connectivity index (χ3v) is 4.71. The predicted molar refractivity (Wildman–Crippen MR) is 90.6 cm³/mol. The number of likely N-dealkylation sites (N-methyl/N-ethyl adjacent to an activating group) is 1. The zero-order chi connectivity index (χ0) is 17.1. The monoisotopic (exact) mass is 340 g/mol. The van der Waals surface area contributed by atoms with Crippen LogP contribution in [0.2, 0.25) is 5.02 Å². The van der Waals surface area contributed by atoms with Crippen LogP contribution >= 0.6 is 11.6 Å². The van der Waals surface area contributed by atoms with Gasteiger partial charge in [0.25, 0.3) is 5.91 Å². The molecule has 0 bridgehead atoms. The van der Waals surface area contributed by atoms with Gasteiger partial charge in [0.2, 0.25) is 0 Å². The van der Waals surface area contributed by atoms with Crippen LogP contribution in [-0.2, 0) is 0 Å². The molecule has 0 spiro atoms. The first-order valence-electron chi connectivity index (χ1n) is 7.90. The summed E-state index contributed by atoms with van der Waals surface area (Å²) >= 11 is 5.87. The molecule has 128 valence electrons. The molecule has 1 amide bonds. The maximum Gasteiger partial charge on any atom is 0.253 e. The summed E-state index contributed by atoms with van der Waals surface area (Å²) < 4.78 is 0. The molecule has 3 atom stereocenters. The summed E-state index contributed by atoms with van der Waals surface area (Å²) in [5.41, 5.74) is 0.601. The van der Waals surface area contributed by atoms with Gasteiger partial charge in [0, 0.05) is 43.3 Å². The molecular formula is C17H25ClN2O3. The maximum atomic E-state index is 12.7. The van der Waals surface area contributed by atoms with Crippen LogP contribution in [0.3, 0.4) is 0 Å². The van der Waals surface area contributed by atoms with Gasteiger partial charge in [-0.05, 0) is 30.2 Å². The van der Waals surface area contributed by atoms with Gasteiger partial charge < -0.3 is 15.1 Å². The summed E-state index contributed by atoms with van der Waals surface area (Å²) in [6.45, 7) is 5.64. The van der Waals surface area contributed by atoms with Crippen LogP contribution in [0.5, 0.6) is 0 Å². The fraction of sp³-hybridized carbons (Fsp3) is 0.588. The lowest BCUT2D eigenvalue weighted by Crippen LogP contribution is -2.47. The predicted octanol–water partition coefficient (Wildman–Crippen LogP) is 1.47. The normalized spacial score (nSPS) is 23.3. The van der Waals surface area contributed by atoms with Crippen LogP contribution in [0.15, 0.2) is 24.3 Å². The molecule has 1 aliphatic heterocycles. The molecule has 2 rings (SSSR count). The standard InChI is InChI=1S/C17H25ClN2O3/c1-11(2)14(8-20-9-15(21)16(22)10-20)19(3)17(23)12-4-6-13(18)7-5-12/h4-7,11,14-16,21-22H,8-10H2,1-3H3/t14-,15-,16-/m1/s1. The van der Waals surface area contributed by atoms with Gasteiger partial charge in [0.15, 0.2) is 0 Å². The summed E-state index contributed by atoms with van der Waals surface area (Å²) in [4.78, 5) is 16.4. The van der Waals surface area contributed by atoms with Gasteiger partial charge in [-0.15, -0.1) is 0 Å². The second-order valence-electron chi connectivity index (χ2n) is 6.59. The Hall–Kier alpha value is -1.14. The molecule has 0 radical (unpaired) electrons. The molecule has 2 N–H and O–H groups in total. The number of amides is 1. The van der Waals surface area contributed by atoms with Crippen molar-refractivity contribution in [3.05, 3.63) is 34.9 Å². The first-order chi connectivity index (χ1) is 10.8. The highest BCUT2D eigenvalue weighted by atomic mass is 35.5. The minimum absolute atomic E-state index is 0.00400. The van der Waals surface area contributed by atoms with E-state index in [1.165, 1.54) is 0 Å². The van der Waals surface area contributed by atoms with E-state index in [9.17, 15) is 15.0 Å². The van der Waals surface area contributed by atoms with Gasteiger partial charge in [-0.2, -0.15) is 0 Å². The molecule has 1 aromatic carbocycles. The maximum absolute atomic E-state index is 12.7.